The predicted octanol–water partition coefficient (Wildman–Crippen LogP) is 1.86. The van der Waals surface area contributed by atoms with E-state index < -0.39 is 6.10 Å². The summed E-state index contributed by atoms with van der Waals surface area (Å²) in [5.41, 5.74) is 1.44. The number of rotatable bonds is 7. The van der Waals surface area contributed by atoms with E-state index in [1.165, 1.54) is 25.7 Å². The summed E-state index contributed by atoms with van der Waals surface area (Å²) < 4.78 is 0. The van der Waals surface area contributed by atoms with Crippen molar-refractivity contribution in [3.8, 4) is 0 Å². The van der Waals surface area contributed by atoms with Crippen molar-refractivity contribution in [1.29, 1.82) is 0 Å². The molecule has 3 fully saturated rings. The molecule has 0 saturated carbocycles. The fourth-order valence-corrected chi connectivity index (χ4v) is 5.77. The first-order valence-corrected chi connectivity index (χ1v) is 12.9. The molecule has 0 spiro atoms. The summed E-state index contributed by atoms with van der Waals surface area (Å²) in [4.78, 5) is 21.1. The Morgan fingerprint density at radius 3 is 2.42 bits per heavy atom. The minimum absolute atomic E-state index is 0.190. The summed E-state index contributed by atoms with van der Waals surface area (Å²) >= 11 is 0. The van der Waals surface area contributed by atoms with E-state index in [-0.39, 0.29) is 6.61 Å². The number of anilines is 4. The van der Waals surface area contributed by atoms with Crippen LogP contribution in [0.15, 0.2) is 24.4 Å². The molecule has 190 valence electrons. The lowest BCUT2D eigenvalue weighted by Crippen LogP contribution is -2.47. The van der Waals surface area contributed by atoms with Gasteiger partial charge in [-0.1, -0.05) is 0 Å². The van der Waals surface area contributed by atoms with E-state index in [4.69, 9.17) is 15.1 Å². The van der Waals surface area contributed by atoms with Crippen molar-refractivity contribution < 1.29 is 10.2 Å². The molecule has 0 aliphatic carbocycles. The Bertz CT molecular complexity index is 1190. The molecule has 3 aromatic heterocycles. The van der Waals surface area contributed by atoms with E-state index >= 15 is 0 Å². The van der Waals surface area contributed by atoms with Gasteiger partial charge in [-0.3, -0.25) is 4.90 Å². The second-order valence-electron chi connectivity index (χ2n) is 10.0. The molecule has 36 heavy (non-hydrogen) atoms. The van der Waals surface area contributed by atoms with E-state index in [2.05, 4.69) is 35.2 Å². The third-order valence-corrected chi connectivity index (χ3v) is 7.70. The van der Waals surface area contributed by atoms with Crippen LogP contribution < -0.4 is 15.1 Å². The Balaban J connectivity index is 1.23. The average Bonchev–Trinajstić information content (AvgIpc) is 3.50. The van der Waals surface area contributed by atoms with Gasteiger partial charge in [0.1, 0.15) is 5.52 Å². The van der Waals surface area contributed by atoms with E-state index in [9.17, 15) is 5.11 Å². The molecule has 2 bridgehead atoms. The normalized spacial score (nSPS) is 23.0. The number of aliphatic hydroxyl groups excluding tert-OH is 2. The average molecular weight is 492 g/mol. The van der Waals surface area contributed by atoms with Crippen molar-refractivity contribution in [2.45, 2.75) is 50.8 Å². The molecule has 3 N–H and O–H groups in total. The van der Waals surface area contributed by atoms with Crippen LogP contribution in [-0.4, -0.2) is 91.7 Å². The first kappa shape index (κ1) is 23.3. The molecule has 3 aromatic rings. The number of hydrogen-bond donors (Lipinski definition) is 3. The summed E-state index contributed by atoms with van der Waals surface area (Å²) in [6, 6.07) is 6.71. The van der Waals surface area contributed by atoms with E-state index in [1.807, 2.05) is 18.2 Å². The maximum Gasteiger partial charge on any atom is 0.229 e. The van der Waals surface area contributed by atoms with Crippen molar-refractivity contribution in [1.82, 2.24) is 30.0 Å². The van der Waals surface area contributed by atoms with Crippen molar-refractivity contribution >= 4 is 34.3 Å². The number of β-amino-alcohol motifs (C(OH)–C–C–N with tert-alkyl or cyclic N) is 1. The van der Waals surface area contributed by atoms with Crippen LogP contribution in [0.1, 0.15) is 44.4 Å². The molecule has 3 aliphatic rings. The molecule has 3 saturated heterocycles. The van der Waals surface area contributed by atoms with Gasteiger partial charge in [-0.05, 0) is 50.8 Å². The summed E-state index contributed by atoms with van der Waals surface area (Å²) in [5, 5.41) is 32.2. The van der Waals surface area contributed by atoms with Crippen LogP contribution in [0.2, 0.25) is 0 Å². The molecule has 0 radical (unpaired) electrons. The summed E-state index contributed by atoms with van der Waals surface area (Å²) in [6.45, 7) is 6.17. The number of aromatic nitrogens is 5. The molecule has 3 aliphatic heterocycles. The largest absolute Gasteiger partial charge is 0.395 e. The van der Waals surface area contributed by atoms with Gasteiger partial charge >= 0.3 is 0 Å². The molecule has 6 rings (SSSR count). The molecule has 11 heteroatoms. The Hall–Kier alpha value is -3.15. The van der Waals surface area contributed by atoms with E-state index in [0.29, 0.717) is 36.1 Å². The summed E-state index contributed by atoms with van der Waals surface area (Å²) in [6.07, 6.45) is 5.86. The van der Waals surface area contributed by atoms with Gasteiger partial charge in [-0.25, -0.2) is 15.0 Å². The zero-order valence-corrected chi connectivity index (χ0v) is 20.6. The number of pyridine rings is 1. The van der Waals surface area contributed by atoms with Gasteiger partial charge < -0.3 is 25.3 Å². The van der Waals surface area contributed by atoms with Gasteiger partial charge in [0.2, 0.25) is 5.95 Å². The van der Waals surface area contributed by atoms with Gasteiger partial charge in [0.05, 0.1) is 18.4 Å². The highest BCUT2D eigenvalue weighted by molar-refractivity contribution is 5.90. The number of hydrogen-bond acceptors (Lipinski definition) is 11. The van der Waals surface area contributed by atoms with Crippen LogP contribution >= 0.6 is 0 Å². The number of fused-ring (bicyclic) bond motifs is 3. The molecule has 0 amide bonds. The lowest BCUT2D eigenvalue weighted by atomic mass is 10.0. The first-order valence-electron chi connectivity index (χ1n) is 12.9. The van der Waals surface area contributed by atoms with Crippen molar-refractivity contribution in [2.75, 3.05) is 54.4 Å². The quantitative estimate of drug-likeness (QED) is 0.448. The van der Waals surface area contributed by atoms with Crippen molar-refractivity contribution in [3.63, 3.8) is 0 Å². The molecule has 6 heterocycles. The Morgan fingerprint density at radius 1 is 1.03 bits per heavy atom. The molecular weight excluding hydrogens is 458 g/mol. The lowest BCUT2D eigenvalue weighted by Gasteiger charge is -2.34. The Labute approximate surface area is 210 Å². The van der Waals surface area contributed by atoms with Crippen molar-refractivity contribution in [2.24, 2.45) is 0 Å². The standard InChI is InChI=1S/C25H33N9O2/c1-16(36)20-14-17-15-26-25(29-23(17)24(27-20)34-18-2-3-19(34)5-4-18)28-21-6-7-22(31-30-21)33-10-8-32(9-11-33)12-13-35/h6-7,14-16,18-19,35-36H,2-5,8-13H2,1H3,(H,26,28,29,30)/t16-,18?,19?/m1/s1. The SMILES string of the molecule is C[C@@H](O)c1cc2cnc(Nc3ccc(N4CCN(CCO)CC4)nn3)nc2c(N2C3CCC2CC3)n1. The van der Waals surface area contributed by atoms with Gasteiger partial charge in [0.25, 0.3) is 0 Å². The number of piperazine rings is 1. The van der Waals surface area contributed by atoms with Crippen LogP contribution in [0.5, 0.6) is 0 Å². The highest BCUT2D eigenvalue weighted by Crippen LogP contribution is 2.42. The number of nitrogens with one attached hydrogen (secondary N) is 1. The topological polar surface area (TPSA) is 127 Å². The van der Waals surface area contributed by atoms with Gasteiger partial charge in [0.15, 0.2) is 17.5 Å². The minimum Gasteiger partial charge on any atom is -0.395 e. The van der Waals surface area contributed by atoms with Crippen LogP contribution in [0.25, 0.3) is 10.9 Å². The van der Waals surface area contributed by atoms with Crippen LogP contribution in [0, 0.1) is 0 Å². The second-order valence-corrected chi connectivity index (χ2v) is 10.0. The molecular formula is C25H33N9O2. The smallest absolute Gasteiger partial charge is 0.229 e. The highest BCUT2D eigenvalue weighted by Gasteiger charge is 2.41. The zero-order chi connectivity index (χ0) is 24.6. The highest BCUT2D eigenvalue weighted by atomic mass is 16.3. The molecule has 0 unspecified atom stereocenters. The van der Waals surface area contributed by atoms with Crippen LogP contribution in [0.3, 0.4) is 0 Å². The van der Waals surface area contributed by atoms with Crippen molar-refractivity contribution in [3.05, 3.63) is 30.1 Å². The molecule has 1 atom stereocenters. The lowest BCUT2D eigenvalue weighted by molar-refractivity contribution is 0.188. The maximum atomic E-state index is 10.2. The number of aliphatic hydroxyl groups is 2. The van der Waals surface area contributed by atoms with E-state index in [1.54, 1.807) is 13.1 Å². The third-order valence-electron chi connectivity index (χ3n) is 7.70. The first-order chi connectivity index (χ1) is 17.6. The van der Waals surface area contributed by atoms with Gasteiger partial charge in [-0.2, -0.15) is 0 Å². The summed E-state index contributed by atoms with van der Waals surface area (Å²) in [7, 11) is 0. The second kappa shape index (κ2) is 9.72. The fraction of sp³-hybridized carbons (Fsp3) is 0.560. The Morgan fingerprint density at radius 2 is 1.78 bits per heavy atom. The molecule has 0 aromatic carbocycles. The fourth-order valence-electron chi connectivity index (χ4n) is 5.77. The monoisotopic (exact) mass is 491 g/mol. The zero-order valence-electron chi connectivity index (χ0n) is 20.6. The molecule has 11 nitrogen and oxygen atoms in total. The Kier molecular flexibility index (Phi) is 6.28. The maximum absolute atomic E-state index is 10.2. The van der Waals surface area contributed by atoms with Crippen LogP contribution in [-0.2, 0) is 0 Å². The van der Waals surface area contributed by atoms with Gasteiger partial charge in [-0.15, -0.1) is 10.2 Å². The minimum atomic E-state index is -0.655. The summed E-state index contributed by atoms with van der Waals surface area (Å²) in [5.74, 6) is 2.71. The number of nitrogens with zero attached hydrogens (tertiary/aromatic N) is 8. The van der Waals surface area contributed by atoms with Gasteiger partial charge in [0, 0.05) is 56.4 Å². The third kappa shape index (κ3) is 4.42. The predicted molar refractivity (Wildman–Crippen MR) is 138 cm³/mol. The van der Waals surface area contributed by atoms with E-state index in [0.717, 1.165) is 48.7 Å². The van der Waals surface area contributed by atoms with Crippen LogP contribution in [0.4, 0.5) is 23.4 Å².